The van der Waals surface area contributed by atoms with Crippen molar-refractivity contribution in [3.63, 3.8) is 0 Å². The van der Waals surface area contributed by atoms with E-state index in [2.05, 4.69) is 10.3 Å². The molecule has 0 saturated heterocycles. The number of para-hydroxylation sites is 1. The monoisotopic (exact) mass is 206 g/mol. The summed E-state index contributed by atoms with van der Waals surface area (Å²) in [7, 11) is 0. The maximum absolute atomic E-state index is 10.4. The molecule has 5 heteroatoms. The van der Waals surface area contributed by atoms with E-state index in [1.54, 1.807) is 0 Å². The molecular formula is C10H10N2O3. The van der Waals surface area contributed by atoms with Crippen molar-refractivity contribution in [2.75, 3.05) is 11.9 Å². The first-order valence-electron chi connectivity index (χ1n) is 4.48. The lowest BCUT2D eigenvalue weighted by Gasteiger charge is -2.20. The minimum absolute atomic E-state index is 0.351. The number of nitrogens with one attached hydrogen (secondary N) is 1. The fourth-order valence-electron chi connectivity index (χ4n) is 1.38. The quantitative estimate of drug-likeness (QED) is 0.780. The van der Waals surface area contributed by atoms with Gasteiger partial charge in [0.25, 0.3) is 0 Å². The maximum atomic E-state index is 10.4. The van der Waals surface area contributed by atoms with E-state index in [9.17, 15) is 4.79 Å². The highest BCUT2D eigenvalue weighted by Gasteiger charge is 2.17. The van der Waals surface area contributed by atoms with Crippen LogP contribution in [-0.2, 0) is 9.53 Å². The highest BCUT2D eigenvalue weighted by atomic mass is 16.5. The number of nitrogens with zero attached hydrogens (tertiary/aromatic N) is 1. The van der Waals surface area contributed by atoms with E-state index < -0.39 is 12.2 Å². The second-order valence-corrected chi connectivity index (χ2v) is 3.07. The van der Waals surface area contributed by atoms with E-state index in [4.69, 9.17) is 9.84 Å². The summed E-state index contributed by atoms with van der Waals surface area (Å²) in [4.78, 5) is 14.4. The summed E-state index contributed by atoms with van der Waals surface area (Å²) in [6.45, 7) is -0.351. The zero-order valence-electron chi connectivity index (χ0n) is 7.88. The van der Waals surface area contributed by atoms with Crippen LogP contribution in [0.15, 0.2) is 29.3 Å². The van der Waals surface area contributed by atoms with Crippen LogP contribution in [0.2, 0.25) is 0 Å². The van der Waals surface area contributed by atoms with Gasteiger partial charge in [-0.25, -0.2) is 9.79 Å². The van der Waals surface area contributed by atoms with E-state index in [0.717, 1.165) is 11.3 Å². The third-order valence-electron chi connectivity index (χ3n) is 2.02. The molecule has 1 unspecified atom stereocenters. The number of aliphatic imine (C=N–C) groups is 1. The first-order chi connectivity index (χ1) is 7.27. The number of aliphatic carboxylic acids is 1. The van der Waals surface area contributed by atoms with E-state index in [-0.39, 0.29) is 6.61 Å². The summed E-state index contributed by atoms with van der Waals surface area (Å²) in [5, 5.41) is 11.5. The maximum Gasteiger partial charge on any atom is 0.329 e. The standard InChI is InChI=1S/C10H10N2O3/c13-9(14)5-15-10-7-3-1-2-4-8(7)11-6-12-10/h1-4,6,10H,5H2,(H,11,12)(H,13,14). The summed E-state index contributed by atoms with van der Waals surface area (Å²) >= 11 is 0. The zero-order valence-corrected chi connectivity index (χ0v) is 7.88. The Morgan fingerprint density at radius 1 is 1.53 bits per heavy atom. The Morgan fingerprint density at radius 3 is 3.13 bits per heavy atom. The fourth-order valence-corrected chi connectivity index (χ4v) is 1.38. The number of carboxylic acid groups (broad SMARTS) is 1. The van der Waals surface area contributed by atoms with Crippen LogP contribution >= 0.6 is 0 Å². The van der Waals surface area contributed by atoms with Crippen LogP contribution in [0.4, 0.5) is 5.69 Å². The fraction of sp³-hybridized carbons (Fsp3) is 0.200. The van der Waals surface area contributed by atoms with Crippen molar-refractivity contribution >= 4 is 18.0 Å². The molecule has 78 valence electrons. The SMILES string of the molecule is O=C(O)COC1N=CNc2ccccc21. The highest BCUT2D eigenvalue weighted by Crippen LogP contribution is 2.28. The van der Waals surface area contributed by atoms with Crippen LogP contribution in [0, 0.1) is 0 Å². The van der Waals surface area contributed by atoms with Gasteiger partial charge in [-0.2, -0.15) is 0 Å². The minimum atomic E-state index is -0.999. The van der Waals surface area contributed by atoms with Gasteiger partial charge in [-0.1, -0.05) is 18.2 Å². The Bertz CT molecular complexity index is 403. The molecule has 0 amide bonds. The number of carbonyl (C=O) groups is 1. The van der Waals surface area contributed by atoms with Crippen LogP contribution in [0.5, 0.6) is 0 Å². The van der Waals surface area contributed by atoms with Gasteiger partial charge >= 0.3 is 5.97 Å². The molecule has 1 heterocycles. The van der Waals surface area contributed by atoms with Crippen molar-refractivity contribution in [2.24, 2.45) is 4.99 Å². The molecule has 2 N–H and O–H groups in total. The van der Waals surface area contributed by atoms with Gasteiger partial charge in [0.05, 0.1) is 6.34 Å². The van der Waals surface area contributed by atoms with Crippen molar-refractivity contribution in [1.82, 2.24) is 0 Å². The van der Waals surface area contributed by atoms with Crippen molar-refractivity contribution in [3.05, 3.63) is 29.8 Å². The van der Waals surface area contributed by atoms with Crippen LogP contribution < -0.4 is 5.32 Å². The molecule has 1 aliphatic rings. The number of rotatable bonds is 3. The number of hydrogen-bond acceptors (Lipinski definition) is 4. The van der Waals surface area contributed by atoms with Gasteiger partial charge in [0.15, 0.2) is 6.23 Å². The van der Waals surface area contributed by atoms with Gasteiger partial charge in [0, 0.05) is 11.3 Å². The Labute approximate surface area is 86.4 Å². The molecule has 0 saturated carbocycles. The number of anilines is 1. The van der Waals surface area contributed by atoms with Crippen molar-refractivity contribution in [2.45, 2.75) is 6.23 Å². The number of hydrogen-bond donors (Lipinski definition) is 2. The topological polar surface area (TPSA) is 70.9 Å². The molecule has 2 rings (SSSR count). The molecule has 0 bridgehead atoms. The van der Waals surface area contributed by atoms with Crippen molar-refractivity contribution in [3.8, 4) is 0 Å². The lowest BCUT2D eigenvalue weighted by molar-refractivity contribution is -0.144. The molecule has 0 aliphatic carbocycles. The summed E-state index contributed by atoms with van der Waals surface area (Å²) < 4.78 is 5.13. The number of carboxylic acids is 1. The smallest absolute Gasteiger partial charge is 0.329 e. The first-order valence-corrected chi connectivity index (χ1v) is 4.48. The van der Waals surface area contributed by atoms with E-state index in [1.807, 2.05) is 24.3 Å². The summed E-state index contributed by atoms with van der Waals surface area (Å²) in [6, 6.07) is 7.49. The average Bonchev–Trinajstić information content (AvgIpc) is 2.26. The number of fused-ring (bicyclic) bond motifs is 1. The third-order valence-corrected chi connectivity index (χ3v) is 2.02. The Kier molecular flexibility index (Phi) is 2.64. The van der Waals surface area contributed by atoms with Crippen LogP contribution in [0.25, 0.3) is 0 Å². The van der Waals surface area contributed by atoms with Crippen LogP contribution in [0.1, 0.15) is 11.8 Å². The Balaban J connectivity index is 2.15. The summed E-state index contributed by atoms with van der Waals surface area (Å²) in [5.74, 6) is -0.999. The second-order valence-electron chi connectivity index (χ2n) is 3.07. The normalized spacial score (nSPS) is 18.0. The molecule has 1 atom stereocenters. The minimum Gasteiger partial charge on any atom is -0.480 e. The largest absolute Gasteiger partial charge is 0.480 e. The van der Waals surface area contributed by atoms with Crippen molar-refractivity contribution < 1.29 is 14.6 Å². The first kappa shape index (κ1) is 9.67. The zero-order chi connectivity index (χ0) is 10.7. The third kappa shape index (κ3) is 2.13. The predicted molar refractivity (Wildman–Crippen MR) is 54.9 cm³/mol. The molecule has 0 aromatic heterocycles. The number of benzene rings is 1. The molecule has 0 fully saturated rings. The molecule has 0 spiro atoms. The highest BCUT2D eigenvalue weighted by molar-refractivity contribution is 5.80. The van der Waals surface area contributed by atoms with Gasteiger partial charge in [0.2, 0.25) is 0 Å². The van der Waals surface area contributed by atoms with E-state index in [0.29, 0.717) is 0 Å². The molecule has 1 aromatic carbocycles. The molecule has 5 nitrogen and oxygen atoms in total. The van der Waals surface area contributed by atoms with Gasteiger partial charge in [0.1, 0.15) is 6.61 Å². The molecule has 1 aliphatic heterocycles. The Hall–Kier alpha value is -1.88. The predicted octanol–water partition coefficient (Wildman–Crippen LogP) is 1.24. The lowest BCUT2D eigenvalue weighted by Crippen LogP contribution is -2.16. The molecule has 0 radical (unpaired) electrons. The molecule has 1 aromatic rings. The van der Waals surface area contributed by atoms with E-state index in [1.165, 1.54) is 6.34 Å². The molecule has 15 heavy (non-hydrogen) atoms. The number of ether oxygens (including phenoxy) is 1. The van der Waals surface area contributed by atoms with Crippen molar-refractivity contribution in [1.29, 1.82) is 0 Å². The molecular weight excluding hydrogens is 196 g/mol. The Morgan fingerprint density at radius 2 is 2.33 bits per heavy atom. The van der Waals surface area contributed by atoms with Crippen LogP contribution in [-0.4, -0.2) is 24.0 Å². The summed E-state index contributed by atoms with van der Waals surface area (Å²) in [6.07, 6.45) is 0.980. The van der Waals surface area contributed by atoms with E-state index >= 15 is 0 Å². The average molecular weight is 206 g/mol. The summed E-state index contributed by atoms with van der Waals surface area (Å²) in [5.41, 5.74) is 1.74. The van der Waals surface area contributed by atoms with Crippen LogP contribution in [0.3, 0.4) is 0 Å². The lowest BCUT2D eigenvalue weighted by atomic mass is 10.1. The second kappa shape index (κ2) is 4.10. The van der Waals surface area contributed by atoms with Gasteiger partial charge in [-0.15, -0.1) is 0 Å². The van der Waals surface area contributed by atoms with Gasteiger partial charge < -0.3 is 15.2 Å². The van der Waals surface area contributed by atoms with Gasteiger partial charge in [-0.3, -0.25) is 0 Å². The van der Waals surface area contributed by atoms with Gasteiger partial charge in [-0.05, 0) is 6.07 Å².